The Morgan fingerprint density at radius 2 is 2.05 bits per heavy atom. The van der Waals surface area contributed by atoms with Crippen molar-refractivity contribution in [3.63, 3.8) is 0 Å². The average molecular weight is 394 g/mol. The third-order valence-electron chi connectivity index (χ3n) is 3.20. The molecule has 22 heavy (non-hydrogen) atoms. The first-order valence-corrected chi connectivity index (χ1v) is 7.42. The van der Waals surface area contributed by atoms with Gasteiger partial charge in [-0.25, -0.2) is 0 Å². The van der Waals surface area contributed by atoms with Gasteiger partial charge in [0.15, 0.2) is 0 Å². The standard InChI is InChI=1S/C14H17BrN2O4.ClH/c15-11-3-1-10(2-4-11)12-8-17(5-6-21-12)9-13(18)16-7-14(19)20;/h1-4,12H,5-9H2,(H,16,18)(H,19,20);1H. The highest BCUT2D eigenvalue weighted by Gasteiger charge is 2.23. The van der Waals surface area contributed by atoms with Crippen molar-refractivity contribution >= 4 is 40.2 Å². The molecule has 0 spiro atoms. The smallest absolute Gasteiger partial charge is 0.322 e. The molecule has 1 aromatic carbocycles. The van der Waals surface area contributed by atoms with E-state index in [-0.39, 0.29) is 37.5 Å². The zero-order valence-corrected chi connectivity index (χ0v) is 14.2. The molecule has 122 valence electrons. The van der Waals surface area contributed by atoms with Crippen molar-refractivity contribution < 1.29 is 19.4 Å². The van der Waals surface area contributed by atoms with E-state index in [4.69, 9.17) is 9.84 Å². The number of nitrogens with one attached hydrogen (secondary N) is 1. The lowest BCUT2D eigenvalue weighted by Crippen LogP contribution is -2.45. The van der Waals surface area contributed by atoms with Crippen LogP contribution in [-0.2, 0) is 14.3 Å². The van der Waals surface area contributed by atoms with E-state index in [9.17, 15) is 9.59 Å². The first-order valence-electron chi connectivity index (χ1n) is 6.62. The highest BCUT2D eigenvalue weighted by Crippen LogP contribution is 2.23. The van der Waals surface area contributed by atoms with Crippen LogP contribution in [-0.4, -0.2) is 54.7 Å². The number of benzene rings is 1. The zero-order chi connectivity index (χ0) is 15.2. The normalized spacial score (nSPS) is 18.3. The van der Waals surface area contributed by atoms with Crippen LogP contribution < -0.4 is 5.32 Å². The molecule has 1 saturated heterocycles. The van der Waals surface area contributed by atoms with Crippen LogP contribution in [0.15, 0.2) is 28.7 Å². The van der Waals surface area contributed by atoms with Crippen molar-refractivity contribution in [1.29, 1.82) is 0 Å². The van der Waals surface area contributed by atoms with E-state index in [2.05, 4.69) is 21.2 Å². The zero-order valence-electron chi connectivity index (χ0n) is 11.8. The number of carboxylic acids is 1. The van der Waals surface area contributed by atoms with E-state index in [0.717, 1.165) is 10.0 Å². The minimum Gasteiger partial charge on any atom is -0.480 e. The second-order valence-corrected chi connectivity index (χ2v) is 5.73. The summed E-state index contributed by atoms with van der Waals surface area (Å²) in [5, 5.41) is 10.9. The Balaban J connectivity index is 0.00000242. The number of halogens is 2. The fraction of sp³-hybridized carbons (Fsp3) is 0.429. The summed E-state index contributed by atoms with van der Waals surface area (Å²) >= 11 is 3.39. The molecule has 1 aromatic rings. The molecule has 2 rings (SSSR count). The predicted molar refractivity (Wildman–Crippen MR) is 87.2 cm³/mol. The van der Waals surface area contributed by atoms with Crippen molar-refractivity contribution in [2.24, 2.45) is 0 Å². The van der Waals surface area contributed by atoms with Gasteiger partial charge in [-0.1, -0.05) is 28.1 Å². The molecule has 0 radical (unpaired) electrons. The molecule has 8 heteroatoms. The van der Waals surface area contributed by atoms with Crippen LogP contribution in [0.3, 0.4) is 0 Å². The molecule has 1 aliphatic rings. The average Bonchev–Trinajstić information content (AvgIpc) is 2.46. The topological polar surface area (TPSA) is 78.9 Å². The Hall–Kier alpha value is -1.15. The van der Waals surface area contributed by atoms with Crippen LogP contribution in [0.1, 0.15) is 11.7 Å². The number of morpholine rings is 1. The Morgan fingerprint density at radius 1 is 1.36 bits per heavy atom. The van der Waals surface area contributed by atoms with Gasteiger partial charge in [-0.15, -0.1) is 12.4 Å². The van der Waals surface area contributed by atoms with Gasteiger partial charge >= 0.3 is 5.97 Å². The van der Waals surface area contributed by atoms with Gasteiger partial charge in [-0.05, 0) is 17.7 Å². The second-order valence-electron chi connectivity index (χ2n) is 4.82. The van der Waals surface area contributed by atoms with Crippen molar-refractivity contribution in [3.8, 4) is 0 Å². The number of carbonyl (C=O) groups is 2. The molecule has 1 aliphatic heterocycles. The number of rotatable bonds is 5. The maximum atomic E-state index is 11.6. The summed E-state index contributed by atoms with van der Waals surface area (Å²) < 4.78 is 6.74. The highest BCUT2D eigenvalue weighted by atomic mass is 79.9. The summed E-state index contributed by atoms with van der Waals surface area (Å²) in [7, 11) is 0. The van der Waals surface area contributed by atoms with Gasteiger partial charge in [0.05, 0.1) is 19.3 Å². The maximum absolute atomic E-state index is 11.6. The number of hydrogen-bond donors (Lipinski definition) is 2. The minimum absolute atomic E-state index is 0. The van der Waals surface area contributed by atoms with Gasteiger partial charge in [-0.3, -0.25) is 14.5 Å². The first kappa shape index (κ1) is 18.9. The largest absolute Gasteiger partial charge is 0.480 e. The Bertz CT molecular complexity index is 512. The van der Waals surface area contributed by atoms with Gasteiger partial charge in [0, 0.05) is 17.6 Å². The van der Waals surface area contributed by atoms with E-state index in [1.54, 1.807) is 0 Å². The van der Waals surface area contributed by atoms with E-state index in [1.807, 2.05) is 29.2 Å². The molecule has 0 bridgehead atoms. The summed E-state index contributed by atoms with van der Waals surface area (Å²) in [6.07, 6.45) is -0.0703. The number of hydrogen-bond acceptors (Lipinski definition) is 4. The van der Waals surface area contributed by atoms with Crippen molar-refractivity contribution in [1.82, 2.24) is 10.2 Å². The van der Waals surface area contributed by atoms with E-state index in [0.29, 0.717) is 19.7 Å². The van der Waals surface area contributed by atoms with Gasteiger partial charge in [0.2, 0.25) is 5.91 Å². The van der Waals surface area contributed by atoms with Crippen LogP contribution in [0, 0.1) is 0 Å². The summed E-state index contributed by atoms with van der Waals surface area (Å²) in [6, 6.07) is 7.89. The molecule has 1 heterocycles. The highest BCUT2D eigenvalue weighted by molar-refractivity contribution is 9.10. The fourth-order valence-corrected chi connectivity index (χ4v) is 2.42. The van der Waals surface area contributed by atoms with Gasteiger partial charge in [0.1, 0.15) is 6.54 Å². The van der Waals surface area contributed by atoms with Gasteiger partial charge < -0.3 is 15.2 Å². The Morgan fingerprint density at radius 3 is 2.68 bits per heavy atom. The molecule has 6 nitrogen and oxygen atoms in total. The fourth-order valence-electron chi connectivity index (χ4n) is 2.16. The lowest BCUT2D eigenvalue weighted by molar-refractivity contribution is -0.138. The maximum Gasteiger partial charge on any atom is 0.322 e. The lowest BCUT2D eigenvalue weighted by Gasteiger charge is -2.32. The number of carbonyl (C=O) groups excluding carboxylic acids is 1. The van der Waals surface area contributed by atoms with Crippen LogP contribution >= 0.6 is 28.3 Å². The van der Waals surface area contributed by atoms with Crippen molar-refractivity contribution in [2.75, 3.05) is 32.8 Å². The molecule has 0 saturated carbocycles. The summed E-state index contributed by atoms with van der Waals surface area (Å²) in [5.74, 6) is -1.33. The number of carboxylic acid groups (broad SMARTS) is 1. The molecule has 1 fully saturated rings. The Kier molecular flexibility index (Phi) is 7.81. The molecule has 1 unspecified atom stereocenters. The van der Waals surface area contributed by atoms with Crippen LogP contribution in [0.5, 0.6) is 0 Å². The Labute approximate surface area is 143 Å². The predicted octanol–water partition coefficient (Wildman–Crippen LogP) is 1.44. The van der Waals surface area contributed by atoms with Crippen molar-refractivity contribution in [2.45, 2.75) is 6.10 Å². The van der Waals surface area contributed by atoms with E-state index in [1.165, 1.54) is 0 Å². The molecule has 0 aliphatic carbocycles. The van der Waals surface area contributed by atoms with Gasteiger partial charge in [0.25, 0.3) is 0 Å². The molecule has 0 aromatic heterocycles. The summed E-state index contributed by atoms with van der Waals surface area (Å²) in [4.78, 5) is 24.0. The number of ether oxygens (including phenoxy) is 1. The molecule has 2 N–H and O–H groups in total. The summed E-state index contributed by atoms with van der Waals surface area (Å²) in [6.45, 7) is 1.66. The van der Waals surface area contributed by atoms with Crippen molar-refractivity contribution in [3.05, 3.63) is 34.3 Å². The molecule has 1 amide bonds. The quantitative estimate of drug-likeness (QED) is 0.791. The molecular weight excluding hydrogens is 376 g/mol. The molecule has 1 atom stereocenters. The summed E-state index contributed by atoms with van der Waals surface area (Å²) in [5.41, 5.74) is 1.06. The van der Waals surface area contributed by atoms with Crippen LogP contribution in [0.2, 0.25) is 0 Å². The lowest BCUT2D eigenvalue weighted by atomic mass is 10.1. The third-order valence-corrected chi connectivity index (χ3v) is 3.73. The number of aliphatic carboxylic acids is 1. The van der Waals surface area contributed by atoms with Crippen LogP contribution in [0.25, 0.3) is 0 Å². The molecular formula is C14H18BrClN2O4. The number of nitrogens with zero attached hydrogens (tertiary/aromatic N) is 1. The van der Waals surface area contributed by atoms with Gasteiger partial charge in [-0.2, -0.15) is 0 Å². The minimum atomic E-state index is -1.04. The van der Waals surface area contributed by atoms with E-state index < -0.39 is 5.97 Å². The second kappa shape index (κ2) is 9.09. The first-order chi connectivity index (χ1) is 10.0. The van der Waals surface area contributed by atoms with Crippen LogP contribution in [0.4, 0.5) is 0 Å². The SMILES string of the molecule is Cl.O=C(O)CNC(=O)CN1CCOC(c2ccc(Br)cc2)C1. The number of amides is 1. The van der Waals surface area contributed by atoms with E-state index >= 15 is 0 Å². The third kappa shape index (κ3) is 5.92. The monoisotopic (exact) mass is 392 g/mol.